The summed E-state index contributed by atoms with van der Waals surface area (Å²) >= 11 is 0. The van der Waals surface area contributed by atoms with Crippen LogP contribution in [0.15, 0.2) is 24.3 Å². The zero-order chi connectivity index (χ0) is 10.4. The summed E-state index contributed by atoms with van der Waals surface area (Å²) in [6, 6.07) is 0. The van der Waals surface area contributed by atoms with Crippen molar-refractivity contribution in [2.45, 2.75) is 32.1 Å². The minimum Gasteiger partial charge on any atom is -0.295 e. The molecule has 0 aromatic rings. The van der Waals surface area contributed by atoms with Crippen molar-refractivity contribution in [1.82, 2.24) is 0 Å². The van der Waals surface area contributed by atoms with E-state index in [9.17, 15) is 4.79 Å². The molecule has 0 aromatic heterocycles. The summed E-state index contributed by atoms with van der Waals surface area (Å²) in [6.45, 7) is 3.97. The summed E-state index contributed by atoms with van der Waals surface area (Å²) in [5, 5.41) is 0. The summed E-state index contributed by atoms with van der Waals surface area (Å²) < 4.78 is 0. The Labute approximate surface area is 91.2 Å². The fourth-order valence-corrected chi connectivity index (χ4v) is 4.06. The van der Waals surface area contributed by atoms with Crippen LogP contribution in [0.5, 0.6) is 0 Å². The molecular formula is C14H18O. The zero-order valence-corrected chi connectivity index (χ0v) is 9.11. The predicted molar refractivity (Wildman–Crippen MR) is 60.3 cm³/mol. The first-order valence-corrected chi connectivity index (χ1v) is 6.15. The molecule has 80 valence electrons. The highest BCUT2D eigenvalue weighted by atomic mass is 16.1. The monoisotopic (exact) mass is 202 g/mol. The third-order valence-corrected chi connectivity index (χ3v) is 4.71. The molecule has 3 aliphatic rings. The van der Waals surface area contributed by atoms with Gasteiger partial charge in [-0.25, -0.2) is 0 Å². The molecule has 0 aliphatic heterocycles. The fraction of sp³-hybridized carbons (Fsp3) is 0.643. The van der Waals surface area contributed by atoms with Gasteiger partial charge in [-0.15, -0.1) is 6.58 Å². The molecular weight excluding hydrogens is 184 g/mol. The van der Waals surface area contributed by atoms with E-state index in [1.54, 1.807) is 0 Å². The van der Waals surface area contributed by atoms with Gasteiger partial charge in [0.25, 0.3) is 0 Å². The van der Waals surface area contributed by atoms with Crippen molar-refractivity contribution in [3.8, 4) is 0 Å². The largest absolute Gasteiger partial charge is 0.295 e. The lowest BCUT2D eigenvalue weighted by Crippen LogP contribution is -2.26. The van der Waals surface area contributed by atoms with Gasteiger partial charge in [-0.2, -0.15) is 0 Å². The molecule has 4 atom stereocenters. The van der Waals surface area contributed by atoms with Crippen LogP contribution >= 0.6 is 0 Å². The first-order valence-electron chi connectivity index (χ1n) is 6.15. The third-order valence-electron chi connectivity index (χ3n) is 4.71. The number of rotatable bonds is 1. The molecule has 3 aliphatic carbocycles. The second kappa shape index (κ2) is 3.33. The van der Waals surface area contributed by atoms with Crippen LogP contribution in [-0.2, 0) is 4.79 Å². The topological polar surface area (TPSA) is 17.1 Å². The lowest BCUT2D eigenvalue weighted by atomic mass is 9.71. The van der Waals surface area contributed by atoms with Gasteiger partial charge in [-0.05, 0) is 49.0 Å². The van der Waals surface area contributed by atoms with Gasteiger partial charge >= 0.3 is 0 Å². The Morgan fingerprint density at radius 1 is 1.27 bits per heavy atom. The number of hydrogen-bond donors (Lipinski definition) is 0. The summed E-state index contributed by atoms with van der Waals surface area (Å²) in [7, 11) is 0. The zero-order valence-electron chi connectivity index (χ0n) is 9.11. The second-order valence-electron chi connectivity index (χ2n) is 5.36. The highest BCUT2D eigenvalue weighted by molar-refractivity contribution is 5.93. The molecule has 0 bridgehead atoms. The Morgan fingerprint density at radius 2 is 2.13 bits per heavy atom. The van der Waals surface area contributed by atoms with Crippen LogP contribution in [0.3, 0.4) is 0 Å². The first-order chi connectivity index (χ1) is 7.29. The van der Waals surface area contributed by atoms with E-state index in [0.717, 1.165) is 18.3 Å². The van der Waals surface area contributed by atoms with Crippen LogP contribution in [-0.4, -0.2) is 5.78 Å². The van der Waals surface area contributed by atoms with E-state index >= 15 is 0 Å². The third kappa shape index (κ3) is 1.32. The average molecular weight is 202 g/mol. The first kappa shape index (κ1) is 9.38. The van der Waals surface area contributed by atoms with Crippen molar-refractivity contribution in [2.24, 2.45) is 23.7 Å². The van der Waals surface area contributed by atoms with E-state index in [1.165, 1.54) is 31.3 Å². The van der Waals surface area contributed by atoms with Crippen molar-refractivity contribution >= 4 is 5.78 Å². The maximum Gasteiger partial charge on any atom is 0.156 e. The van der Waals surface area contributed by atoms with E-state index in [-0.39, 0.29) is 0 Å². The van der Waals surface area contributed by atoms with Crippen molar-refractivity contribution in [1.29, 1.82) is 0 Å². The predicted octanol–water partition coefficient (Wildman–Crippen LogP) is 3.12. The fourth-order valence-electron chi connectivity index (χ4n) is 4.06. The normalized spacial score (nSPS) is 43.5. The SMILES string of the molecule is C=C[C@@H]1CCC[C@@H]2[C@H]1CC1=CC(=O)C[C@@H]12. The van der Waals surface area contributed by atoms with Gasteiger partial charge in [0.2, 0.25) is 0 Å². The quantitative estimate of drug-likeness (QED) is 0.597. The Hall–Kier alpha value is -0.850. The number of carbonyl (C=O) groups is 1. The molecule has 1 heteroatoms. The van der Waals surface area contributed by atoms with Crippen molar-refractivity contribution < 1.29 is 4.79 Å². The highest BCUT2D eigenvalue weighted by Crippen LogP contribution is 2.54. The molecule has 1 nitrogen and oxygen atoms in total. The van der Waals surface area contributed by atoms with Crippen molar-refractivity contribution in [2.75, 3.05) is 0 Å². The Bertz CT molecular complexity index is 339. The smallest absolute Gasteiger partial charge is 0.156 e. The molecule has 2 saturated carbocycles. The van der Waals surface area contributed by atoms with Crippen LogP contribution in [0.25, 0.3) is 0 Å². The highest BCUT2D eigenvalue weighted by Gasteiger charge is 2.46. The lowest BCUT2D eigenvalue weighted by molar-refractivity contribution is -0.114. The van der Waals surface area contributed by atoms with Gasteiger partial charge in [-0.1, -0.05) is 18.1 Å². The molecule has 15 heavy (non-hydrogen) atoms. The Morgan fingerprint density at radius 3 is 2.93 bits per heavy atom. The molecule has 0 spiro atoms. The Balaban J connectivity index is 1.89. The van der Waals surface area contributed by atoms with Gasteiger partial charge < -0.3 is 0 Å². The maximum absolute atomic E-state index is 11.4. The van der Waals surface area contributed by atoms with Crippen LogP contribution < -0.4 is 0 Å². The molecule has 2 fully saturated rings. The van der Waals surface area contributed by atoms with E-state index in [2.05, 4.69) is 12.7 Å². The van der Waals surface area contributed by atoms with Crippen LogP contribution in [0.4, 0.5) is 0 Å². The van der Waals surface area contributed by atoms with E-state index in [4.69, 9.17) is 0 Å². The van der Waals surface area contributed by atoms with Gasteiger partial charge in [-0.3, -0.25) is 4.79 Å². The second-order valence-corrected chi connectivity index (χ2v) is 5.36. The number of ketones is 1. The van der Waals surface area contributed by atoms with Gasteiger partial charge in [0.05, 0.1) is 0 Å². The molecule has 0 N–H and O–H groups in total. The number of carbonyl (C=O) groups excluding carboxylic acids is 1. The van der Waals surface area contributed by atoms with Crippen molar-refractivity contribution in [3.63, 3.8) is 0 Å². The summed E-state index contributed by atoms with van der Waals surface area (Å²) in [4.78, 5) is 11.4. The van der Waals surface area contributed by atoms with Crippen molar-refractivity contribution in [3.05, 3.63) is 24.3 Å². The Kier molecular flexibility index (Phi) is 2.08. The number of hydrogen-bond acceptors (Lipinski definition) is 1. The average Bonchev–Trinajstić information content (AvgIpc) is 2.73. The molecule has 0 unspecified atom stereocenters. The van der Waals surface area contributed by atoms with Crippen LogP contribution in [0, 0.1) is 23.7 Å². The summed E-state index contributed by atoms with van der Waals surface area (Å²) in [5.74, 6) is 3.30. The minimum absolute atomic E-state index is 0.370. The van der Waals surface area contributed by atoms with Gasteiger partial charge in [0.1, 0.15) is 0 Å². The molecule has 0 aromatic carbocycles. The van der Waals surface area contributed by atoms with E-state index < -0.39 is 0 Å². The molecule has 0 saturated heterocycles. The molecule has 0 amide bonds. The summed E-state index contributed by atoms with van der Waals surface area (Å²) in [6.07, 6.45) is 10.1. The minimum atomic E-state index is 0.370. The molecule has 3 rings (SSSR count). The molecule has 0 heterocycles. The molecule has 0 radical (unpaired) electrons. The van der Waals surface area contributed by atoms with Crippen LogP contribution in [0.2, 0.25) is 0 Å². The number of fused-ring (bicyclic) bond motifs is 3. The van der Waals surface area contributed by atoms with Crippen LogP contribution in [0.1, 0.15) is 32.1 Å². The van der Waals surface area contributed by atoms with E-state index in [1.807, 2.05) is 6.08 Å². The van der Waals surface area contributed by atoms with E-state index in [0.29, 0.717) is 17.6 Å². The lowest BCUT2D eigenvalue weighted by Gasteiger charge is -2.33. The maximum atomic E-state index is 11.4. The van der Waals surface area contributed by atoms with Gasteiger partial charge in [0.15, 0.2) is 5.78 Å². The number of allylic oxidation sites excluding steroid dienone is 3. The standard InChI is InChI=1S/C14H18O/c1-2-9-4-3-5-12-13(9)7-10-6-11(15)8-14(10)12/h2,6,9,12-14H,1,3-5,7-8H2/t9-,12-,13+,14+/m1/s1. The van der Waals surface area contributed by atoms with Gasteiger partial charge in [0, 0.05) is 6.42 Å². The summed E-state index contributed by atoms with van der Waals surface area (Å²) in [5.41, 5.74) is 1.46.